The van der Waals surface area contributed by atoms with Crippen LogP contribution in [0.3, 0.4) is 0 Å². The zero-order valence-electron chi connectivity index (χ0n) is 17.2. The van der Waals surface area contributed by atoms with Crippen molar-refractivity contribution in [1.82, 2.24) is 30.8 Å². The fourth-order valence-electron chi connectivity index (χ4n) is 3.58. The van der Waals surface area contributed by atoms with Crippen LogP contribution < -0.4 is 5.32 Å². The van der Waals surface area contributed by atoms with Gasteiger partial charge in [-0.1, -0.05) is 17.8 Å². The Labute approximate surface area is 205 Å². The number of hydrogen-bond donors (Lipinski definition) is 4. The summed E-state index contributed by atoms with van der Waals surface area (Å²) in [6.45, 7) is 0. The van der Waals surface area contributed by atoms with Gasteiger partial charge in [-0.15, -0.1) is 33.3 Å². The molecule has 182 valence electrons. The Balaban J connectivity index is 1.55. The van der Waals surface area contributed by atoms with Crippen molar-refractivity contribution in [3.8, 4) is 0 Å². The van der Waals surface area contributed by atoms with Crippen molar-refractivity contribution in [2.45, 2.75) is 34.7 Å². The number of hydrogen-bond acceptors (Lipinski definition) is 11. The highest BCUT2D eigenvalue weighted by Gasteiger charge is 2.54. The van der Waals surface area contributed by atoms with Crippen molar-refractivity contribution in [2.75, 3.05) is 11.5 Å². The number of H-pyrrole nitrogens is 1. The smallest absolute Gasteiger partial charge is 0.352 e. The van der Waals surface area contributed by atoms with Crippen LogP contribution >= 0.6 is 34.9 Å². The highest BCUT2D eigenvalue weighted by Crippen LogP contribution is 2.44. The fourth-order valence-corrected chi connectivity index (χ4v) is 7.50. The summed E-state index contributed by atoms with van der Waals surface area (Å²) in [5, 5.41) is 26.5. The molecule has 0 aromatic carbocycles. The van der Waals surface area contributed by atoms with Crippen LogP contribution in [0.25, 0.3) is 0 Å². The van der Waals surface area contributed by atoms with Crippen molar-refractivity contribution >= 4 is 62.8 Å². The number of nitrogens with one attached hydrogen (secondary N) is 2. The second-order valence-electron chi connectivity index (χ2n) is 7.27. The average molecular weight is 547 g/mol. The lowest BCUT2D eigenvalue weighted by atomic mass is 10.0. The van der Waals surface area contributed by atoms with E-state index in [0.717, 1.165) is 21.5 Å². The number of carbonyl (C=O) groups excluding carboxylic acids is 2. The molecule has 0 aliphatic carbocycles. The number of carboxylic acid groups (broad SMARTS) is 1. The first-order valence-electron chi connectivity index (χ1n) is 9.72. The molecule has 17 heteroatoms. The molecule has 2 amide bonds. The lowest BCUT2D eigenvalue weighted by molar-refractivity contribution is -0.150. The van der Waals surface area contributed by atoms with Gasteiger partial charge in [0.15, 0.2) is 0 Å². The maximum atomic E-state index is 12.9. The number of fused-ring (bicyclic) bond motifs is 1. The first-order valence-corrected chi connectivity index (χ1v) is 14.1. The SMILES string of the molecule is O=C(Cc1cccs1)NC1C(=O)N2C(C(=O)O)=C(C(CCS(=O)(=O)O)Sc3nn[nH]n3)CS[C@@H]12. The standard InChI is InChI=1S/C17H18N6O7S4/c24-11(6-8-2-1-4-31-8)18-12-14(25)23-13(16(26)27)9(7-32-15(12)23)10(3-5-34(28,29)30)33-17-19-21-22-20-17/h1-2,4,10,12,15H,3,5-7H2,(H,18,24)(H,26,27)(H,28,29,30)(H,19,20,21,22)/t10?,12?,15-/m0/s1. The van der Waals surface area contributed by atoms with Gasteiger partial charge in [0.1, 0.15) is 17.1 Å². The van der Waals surface area contributed by atoms with Gasteiger partial charge in [0, 0.05) is 15.9 Å². The molecule has 2 unspecified atom stereocenters. The van der Waals surface area contributed by atoms with Crippen LogP contribution in [0.5, 0.6) is 0 Å². The lowest BCUT2D eigenvalue weighted by Gasteiger charge is -2.50. The summed E-state index contributed by atoms with van der Waals surface area (Å²) in [5.74, 6) is -2.73. The van der Waals surface area contributed by atoms with Gasteiger partial charge in [-0.2, -0.15) is 13.6 Å². The quantitative estimate of drug-likeness (QED) is 0.177. The number of thiophene rings is 1. The zero-order chi connectivity index (χ0) is 24.5. The van der Waals surface area contributed by atoms with E-state index >= 15 is 0 Å². The Hall–Kier alpha value is -2.47. The van der Waals surface area contributed by atoms with Crippen LogP contribution in [-0.4, -0.2) is 89.6 Å². The minimum atomic E-state index is -4.32. The third-order valence-corrected chi connectivity index (χ3v) is 9.15. The van der Waals surface area contributed by atoms with Crippen LogP contribution in [-0.2, 0) is 30.9 Å². The lowest BCUT2D eigenvalue weighted by Crippen LogP contribution is -2.70. The average Bonchev–Trinajstić information content (AvgIpc) is 3.47. The summed E-state index contributed by atoms with van der Waals surface area (Å²) >= 11 is 3.65. The minimum absolute atomic E-state index is 0.116. The molecule has 13 nitrogen and oxygen atoms in total. The number of nitrogens with zero attached hydrogens (tertiary/aromatic N) is 4. The van der Waals surface area contributed by atoms with Crippen LogP contribution in [0.4, 0.5) is 0 Å². The number of carbonyl (C=O) groups is 3. The Morgan fingerprint density at radius 2 is 2.21 bits per heavy atom. The van der Waals surface area contributed by atoms with Crippen molar-refractivity contribution in [1.29, 1.82) is 0 Å². The maximum Gasteiger partial charge on any atom is 0.352 e. The number of β-lactam (4-membered cyclic amide) rings is 1. The van der Waals surface area contributed by atoms with Gasteiger partial charge < -0.3 is 10.4 Å². The van der Waals surface area contributed by atoms with E-state index < -0.39 is 44.4 Å². The molecule has 2 aromatic rings. The van der Waals surface area contributed by atoms with E-state index in [-0.39, 0.29) is 35.4 Å². The molecule has 4 heterocycles. The van der Waals surface area contributed by atoms with Crippen molar-refractivity contribution in [3.63, 3.8) is 0 Å². The van der Waals surface area contributed by atoms with Crippen LogP contribution in [0.2, 0.25) is 0 Å². The Morgan fingerprint density at radius 1 is 1.41 bits per heavy atom. The first kappa shape index (κ1) is 24.6. The molecule has 2 aliphatic rings. The third-order valence-electron chi connectivity index (χ3n) is 5.03. The van der Waals surface area contributed by atoms with Gasteiger partial charge >= 0.3 is 5.97 Å². The highest BCUT2D eigenvalue weighted by molar-refractivity contribution is 8.01. The molecular weight excluding hydrogens is 528 g/mol. The summed E-state index contributed by atoms with van der Waals surface area (Å²) in [6, 6.07) is 2.76. The van der Waals surface area contributed by atoms with Gasteiger partial charge in [0.05, 0.1) is 12.2 Å². The molecule has 0 radical (unpaired) electrons. The largest absolute Gasteiger partial charge is 0.477 e. The summed E-state index contributed by atoms with van der Waals surface area (Å²) in [4.78, 5) is 39.4. The van der Waals surface area contributed by atoms with Crippen molar-refractivity contribution in [3.05, 3.63) is 33.7 Å². The summed E-state index contributed by atoms with van der Waals surface area (Å²) < 4.78 is 31.9. The number of thioether (sulfide) groups is 2. The number of carboxylic acids is 1. The molecule has 34 heavy (non-hydrogen) atoms. The highest BCUT2D eigenvalue weighted by atomic mass is 32.2. The number of aliphatic carboxylic acids is 1. The molecule has 4 rings (SSSR count). The Kier molecular flexibility index (Phi) is 7.27. The molecule has 1 fully saturated rings. The van der Waals surface area contributed by atoms with Crippen LogP contribution in [0, 0.1) is 0 Å². The summed E-state index contributed by atoms with van der Waals surface area (Å²) in [6.07, 6.45) is -0.0247. The fraction of sp³-hybridized carbons (Fsp3) is 0.412. The van der Waals surface area contributed by atoms with E-state index in [9.17, 15) is 32.5 Å². The van der Waals surface area contributed by atoms with E-state index in [1.807, 2.05) is 11.4 Å². The van der Waals surface area contributed by atoms with E-state index in [0.29, 0.717) is 5.57 Å². The molecule has 2 aromatic heterocycles. The van der Waals surface area contributed by atoms with Gasteiger partial charge in [-0.3, -0.25) is 19.0 Å². The molecule has 3 atom stereocenters. The van der Waals surface area contributed by atoms with Crippen LogP contribution in [0.1, 0.15) is 11.3 Å². The maximum absolute atomic E-state index is 12.9. The number of amides is 2. The molecule has 2 aliphatic heterocycles. The van der Waals surface area contributed by atoms with E-state index in [4.69, 9.17) is 0 Å². The van der Waals surface area contributed by atoms with Crippen molar-refractivity contribution in [2.24, 2.45) is 0 Å². The van der Waals surface area contributed by atoms with Crippen molar-refractivity contribution < 1.29 is 32.5 Å². The summed E-state index contributed by atoms with van der Waals surface area (Å²) in [5.41, 5.74) is 0.0257. The molecular formula is C17H18N6O7S4. The Morgan fingerprint density at radius 3 is 2.82 bits per heavy atom. The van der Waals surface area contributed by atoms with Gasteiger partial charge in [0.25, 0.3) is 16.0 Å². The van der Waals surface area contributed by atoms with Crippen LogP contribution in [0.15, 0.2) is 33.9 Å². The second kappa shape index (κ2) is 10.0. The van der Waals surface area contributed by atoms with Gasteiger partial charge in [-0.25, -0.2) is 4.79 Å². The monoisotopic (exact) mass is 546 g/mol. The molecule has 0 spiro atoms. The van der Waals surface area contributed by atoms with E-state index in [1.165, 1.54) is 23.1 Å². The van der Waals surface area contributed by atoms with E-state index in [1.54, 1.807) is 6.07 Å². The Bertz CT molecular complexity index is 1220. The number of tetrazole rings is 1. The number of rotatable bonds is 10. The zero-order valence-corrected chi connectivity index (χ0v) is 20.4. The molecule has 4 N–H and O–H groups in total. The number of aromatic nitrogens is 4. The minimum Gasteiger partial charge on any atom is -0.477 e. The normalized spacial score (nSPS) is 21.1. The predicted molar refractivity (Wildman–Crippen MR) is 123 cm³/mol. The number of aromatic amines is 1. The molecule has 1 saturated heterocycles. The first-order chi connectivity index (χ1) is 16.1. The third kappa shape index (κ3) is 5.43. The van der Waals surface area contributed by atoms with Gasteiger partial charge in [0.2, 0.25) is 11.1 Å². The molecule has 0 bridgehead atoms. The second-order valence-corrected chi connectivity index (χ2v) is 12.1. The predicted octanol–water partition coefficient (Wildman–Crippen LogP) is -0.0189. The summed E-state index contributed by atoms with van der Waals surface area (Å²) in [7, 11) is -4.32. The molecule has 0 saturated carbocycles. The van der Waals surface area contributed by atoms with E-state index in [2.05, 4.69) is 25.9 Å². The van der Waals surface area contributed by atoms with Gasteiger partial charge in [-0.05, 0) is 28.7 Å². The topological polar surface area (TPSA) is 196 Å².